The molecule has 0 spiro atoms. The number of fused-ring (bicyclic) bond motifs is 1. The van der Waals surface area contributed by atoms with E-state index in [4.69, 9.17) is 5.73 Å². The Hall–Kier alpha value is -2.66. The van der Waals surface area contributed by atoms with Crippen LogP contribution < -0.4 is 11.1 Å². The number of pyridine rings is 1. The van der Waals surface area contributed by atoms with Crippen LogP contribution >= 0.6 is 0 Å². The minimum atomic E-state index is 0.0200. The molecule has 3 heterocycles. The third-order valence-corrected chi connectivity index (χ3v) is 4.71. The van der Waals surface area contributed by atoms with Crippen molar-refractivity contribution in [1.29, 1.82) is 0 Å². The molecule has 1 unspecified atom stereocenters. The first-order chi connectivity index (χ1) is 11.7. The van der Waals surface area contributed by atoms with Crippen molar-refractivity contribution in [3.05, 3.63) is 66.2 Å². The van der Waals surface area contributed by atoms with Crippen molar-refractivity contribution in [1.82, 2.24) is 14.8 Å². The Morgan fingerprint density at radius 2 is 2.04 bits per heavy atom. The predicted octanol–water partition coefficient (Wildman–Crippen LogP) is 2.77. The van der Waals surface area contributed by atoms with Crippen LogP contribution in [-0.4, -0.2) is 21.3 Å². The summed E-state index contributed by atoms with van der Waals surface area (Å²) in [5, 5.41) is 7.74. The van der Waals surface area contributed by atoms with Gasteiger partial charge in [-0.15, -0.1) is 0 Å². The fraction of sp³-hybridized carbons (Fsp3) is 0.263. The van der Waals surface area contributed by atoms with E-state index in [1.807, 2.05) is 43.8 Å². The molecule has 24 heavy (non-hydrogen) atoms. The van der Waals surface area contributed by atoms with Gasteiger partial charge < -0.3 is 11.1 Å². The fourth-order valence-corrected chi connectivity index (χ4v) is 3.30. The summed E-state index contributed by atoms with van der Waals surface area (Å²) in [7, 11) is 1.92. The summed E-state index contributed by atoms with van der Waals surface area (Å²) in [6, 6.07) is 12.5. The first-order valence-electron chi connectivity index (χ1n) is 8.23. The van der Waals surface area contributed by atoms with Crippen LogP contribution in [0.15, 0.2) is 55.0 Å². The van der Waals surface area contributed by atoms with E-state index in [0.29, 0.717) is 5.92 Å². The van der Waals surface area contributed by atoms with Gasteiger partial charge in [-0.25, -0.2) is 0 Å². The second kappa shape index (κ2) is 6.09. The Kier molecular flexibility index (Phi) is 3.78. The number of anilines is 1. The van der Waals surface area contributed by atoms with Crippen LogP contribution in [0, 0.1) is 5.92 Å². The normalized spacial score (nSPS) is 17.8. The minimum absolute atomic E-state index is 0.0200. The molecule has 0 aliphatic carbocycles. The maximum atomic E-state index is 6.47. The Morgan fingerprint density at radius 3 is 2.79 bits per heavy atom. The molecule has 4 rings (SSSR count). The zero-order chi connectivity index (χ0) is 16.5. The number of hydrogen-bond donors (Lipinski definition) is 2. The van der Waals surface area contributed by atoms with E-state index in [1.54, 1.807) is 4.68 Å². The van der Waals surface area contributed by atoms with Crippen molar-refractivity contribution in [2.75, 3.05) is 11.9 Å². The Morgan fingerprint density at radius 1 is 1.21 bits per heavy atom. The third-order valence-electron chi connectivity index (χ3n) is 4.71. The highest BCUT2D eigenvalue weighted by Crippen LogP contribution is 2.32. The van der Waals surface area contributed by atoms with Crippen LogP contribution in [0.25, 0.3) is 11.1 Å². The highest BCUT2D eigenvalue weighted by Gasteiger charge is 2.25. The summed E-state index contributed by atoms with van der Waals surface area (Å²) in [5.74, 6) is 0.344. The number of aromatic nitrogens is 3. The number of benzene rings is 1. The average molecular weight is 319 g/mol. The van der Waals surface area contributed by atoms with E-state index in [9.17, 15) is 0 Å². The van der Waals surface area contributed by atoms with Crippen LogP contribution in [0.3, 0.4) is 0 Å². The van der Waals surface area contributed by atoms with Crippen LogP contribution in [0.1, 0.15) is 17.3 Å². The van der Waals surface area contributed by atoms with Crippen LogP contribution in [-0.2, 0) is 13.5 Å². The summed E-state index contributed by atoms with van der Waals surface area (Å²) in [6.45, 7) is 0.862. The number of nitrogens with zero attached hydrogens (tertiary/aromatic N) is 3. The van der Waals surface area contributed by atoms with E-state index < -0.39 is 0 Å². The second-order valence-corrected chi connectivity index (χ2v) is 6.40. The molecule has 3 N–H and O–H groups in total. The van der Waals surface area contributed by atoms with E-state index in [1.165, 1.54) is 5.56 Å². The largest absolute Gasteiger partial charge is 0.383 e. The number of nitrogens with one attached hydrogen (secondary N) is 1. The minimum Gasteiger partial charge on any atom is -0.383 e. The molecule has 0 saturated heterocycles. The highest BCUT2D eigenvalue weighted by atomic mass is 15.2. The van der Waals surface area contributed by atoms with E-state index in [0.717, 1.165) is 35.5 Å². The molecule has 2 atom stereocenters. The van der Waals surface area contributed by atoms with Crippen LogP contribution in [0.4, 0.5) is 5.69 Å². The maximum Gasteiger partial charge on any atom is 0.0639 e. The molecule has 5 heteroatoms. The molecular weight excluding hydrogens is 298 g/mol. The Labute approximate surface area is 141 Å². The number of hydrogen-bond acceptors (Lipinski definition) is 4. The van der Waals surface area contributed by atoms with Gasteiger partial charge in [0.05, 0.1) is 17.6 Å². The van der Waals surface area contributed by atoms with Crippen molar-refractivity contribution in [3.8, 4) is 11.1 Å². The number of aryl methyl sites for hydroxylation is 1. The lowest BCUT2D eigenvalue weighted by Gasteiger charge is -2.30. The van der Waals surface area contributed by atoms with Gasteiger partial charge in [-0.2, -0.15) is 5.10 Å². The molecule has 0 fully saturated rings. The van der Waals surface area contributed by atoms with Crippen molar-refractivity contribution in [2.24, 2.45) is 18.7 Å². The molecule has 1 aromatic carbocycles. The van der Waals surface area contributed by atoms with E-state index >= 15 is 0 Å². The van der Waals surface area contributed by atoms with Gasteiger partial charge in [-0.1, -0.05) is 30.3 Å². The first-order valence-corrected chi connectivity index (χ1v) is 8.23. The summed E-state index contributed by atoms with van der Waals surface area (Å²) in [5.41, 5.74) is 12.0. The molecular formula is C19H21N5. The van der Waals surface area contributed by atoms with Gasteiger partial charge in [-0.05, 0) is 18.1 Å². The second-order valence-electron chi connectivity index (χ2n) is 6.40. The molecule has 2 aromatic heterocycles. The highest BCUT2D eigenvalue weighted by molar-refractivity contribution is 5.67. The number of rotatable bonds is 3. The van der Waals surface area contributed by atoms with Crippen molar-refractivity contribution in [3.63, 3.8) is 0 Å². The smallest absolute Gasteiger partial charge is 0.0639 e. The van der Waals surface area contributed by atoms with Crippen molar-refractivity contribution in [2.45, 2.75) is 12.5 Å². The van der Waals surface area contributed by atoms with Gasteiger partial charge in [0, 0.05) is 49.1 Å². The first kappa shape index (κ1) is 14.9. The predicted molar refractivity (Wildman–Crippen MR) is 95.5 cm³/mol. The standard InChI is InChI=1S/C19H21N5/c1-24-12-16(11-23-24)14-7-17-18(21-9-14)8-15(10-22-17)19(20)13-5-3-2-4-6-13/h2-7,9,11-12,15,19,22H,8,10,20H2,1H3/t15?,19-/m1/s1. The molecule has 1 aliphatic heterocycles. The van der Waals surface area contributed by atoms with Gasteiger partial charge >= 0.3 is 0 Å². The molecule has 5 nitrogen and oxygen atoms in total. The zero-order valence-corrected chi connectivity index (χ0v) is 13.7. The van der Waals surface area contributed by atoms with Crippen molar-refractivity contribution >= 4 is 5.69 Å². The molecule has 3 aromatic rings. The zero-order valence-electron chi connectivity index (χ0n) is 13.7. The summed E-state index contributed by atoms with van der Waals surface area (Å²) < 4.78 is 1.80. The topological polar surface area (TPSA) is 68.8 Å². The van der Waals surface area contributed by atoms with Crippen LogP contribution in [0.5, 0.6) is 0 Å². The Bertz CT molecular complexity index is 840. The molecule has 0 radical (unpaired) electrons. The van der Waals surface area contributed by atoms with Gasteiger partial charge in [0.15, 0.2) is 0 Å². The molecule has 0 saturated carbocycles. The quantitative estimate of drug-likeness (QED) is 0.779. The summed E-state index contributed by atoms with van der Waals surface area (Å²) >= 11 is 0. The molecule has 0 amide bonds. The van der Waals surface area contributed by atoms with Crippen molar-refractivity contribution < 1.29 is 0 Å². The molecule has 1 aliphatic rings. The average Bonchev–Trinajstić information content (AvgIpc) is 3.07. The SMILES string of the molecule is Cn1cc(-c2cnc3c(c2)NCC([C@H](N)c2ccccc2)C3)cn1. The molecule has 0 bridgehead atoms. The lowest BCUT2D eigenvalue weighted by molar-refractivity contribution is 0.435. The van der Waals surface area contributed by atoms with Crippen LogP contribution in [0.2, 0.25) is 0 Å². The van der Waals surface area contributed by atoms with Gasteiger partial charge in [0.1, 0.15) is 0 Å². The lowest BCUT2D eigenvalue weighted by atomic mass is 9.87. The number of nitrogens with two attached hydrogens (primary N) is 1. The summed E-state index contributed by atoms with van der Waals surface area (Å²) in [4.78, 5) is 4.68. The Balaban J connectivity index is 1.56. The van der Waals surface area contributed by atoms with Gasteiger partial charge in [0.25, 0.3) is 0 Å². The van der Waals surface area contributed by atoms with E-state index in [-0.39, 0.29) is 6.04 Å². The molecule has 122 valence electrons. The van der Waals surface area contributed by atoms with Gasteiger partial charge in [0.2, 0.25) is 0 Å². The fourth-order valence-electron chi connectivity index (χ4n) is 3.30. The third kappa shape index (κ3) is 2.78. The lowest BCUT2D eigenvalue weighted by Crippen LogP contribution is -2.33. The summed E-state index contributed by atoms with van der Waals surface area (Å²) in [6.07, 6.45) is 6.68. The van der Waals surface area contributed by atoms with E-state index in [2.05, 4.69) is 33.6 Å². The van der Waals surface area contributed by atoms with Gasteiger partial charge in [-0.3, -0.25) is 9.67 Å². The maximum absolute atomic E-state index is 6.47. The monoisotopic (exact) mass is 319 g/mol.